The molecule has 0 atom stereocenters. The second kappa shape index (κ2) is 9.59. The van der Waals surface area contributed by atoms with Gasteiger partial charge >= 0.3 is 0 Å². The highest BCUT2D eigenvalue weighted by Gasteiger charge is 2.09. The standard InChI is InChI=1S/C20H19Cl2N3O3/c1-2-27-13-25-11-17(10-23-25)24-20(26)15-5-3-4-14(8-15)12-28-19-7-6-16(21)9-18(19)22/h3-11H,2,12-13H2,1H3,(H,24,26). The van der Waals surface area contributed by atoms with Crippen LogP contribution in [0, 0.1) is 0 Å². The van der Waals surface area contributed by atoms with Crippen LogP contribution in [0.5, 0.6) is 5.75 Å². The molecule has 0 unspecified atom stereocenters. The molecule has 1 aromatic heterocycles. The maximum Gasteiger partial charge on any atom is 0.255 e. The molecular weight excluding hydrogens is 401 g/mol. The van der Waals surface area contributed by atoms with Crippen LogP contribution in [0.4, 0.5) is 5.69 Å². The molecule has 1 heterocycles. The molecule has 0 radical (unpaired) electrons. The van der Waals surface area contributed by atoms with Crippen LogP contribution < -0.4 is 10.1 Å². The third-order valence-corrected chi connectivity index (χ3v) is 4.33. The molecule has 0 bridgehead atoms. The first-order valence-electron chi connectivity index (χ1n) is 8.63. The molecule has 3 rings (SSSR count). The number of benzene rings is 2. The summed E-state index contributed by atoms with van der Waals surface area (Å²) in [5, 5.41) is 7.93. The van der Waals surface area contributed by atoms with E-state index in [-0.39, 0.29) is 12.5 Å². The topological polar surface area (TPSA) is 65.4 Å². The molecule has 0 spiro atoms. The van der Waals surface area contributed by atoms with E-state index in [0.29, 0.717) is 40.4 Å². The molecule has 0 fully saturated rings. The van der Waals surface area contributed by atoms with Crippen LogP contribution in [-0.4, -0.2) is 22.3 Å². The van der Waals surface area contributed by atoms with Gasteiger partial charge in [-0.2, -0.15) is 5.10 Å². The van der Waals surface area contributed by atoms with Gasteiger partial charge in [-0.25, -0.2) is 4.68 Å². The van der Waals surface area contributed by atoms with E-state index in [0.717, 1.165) is 5.56 Å². The van der Waals surface area contributed by atoms with Crippen molar-refractivity contribution >= 4 is 34.8 Å². The molecule has 1 N–H and O–H groups in total. The third kappa shape index (κ3) is 5.48. The second-order valence-corrected chi connectivity index (χ2v) is 6.75. The number of carbonyl (C=O) groups excluding carboxylic acids is 1. The Kier molecular flexibility index (Phi) is 6.92. The van der Waals surface area contributed by atoms with Gasteiger partial charge in [0.2, 0.25) is 0 Å². The normalized spacial score (nSPS) is 10.7. The van der Waals surface area contributed by atoms with Gasteiger partial charge < -0.3 is 14.8 Å². The molecule has 146 valence electrons. The van der Waals surface area contributed by atoms with E-state index in [9.17, 15) is 4.79 Å². The van der Waals surface area contributed by atoms with Crippen molar-refractivity contribution in [1.29, 1.82) is 0 Å². The molecule has 0 saturated heterocycles. The predicted octanol–water partition coefficient (Wildman–Crippen LogP) is 5.02. The summed E-state index contributed by atoms with van der Waals surface area (Å²) in [7, 11) is 0. The van der Waals surface area contributed by atoms with Gasteiger partial charge in [-0.1, -0.05) is 35.3 Å². The van der Waals surface area contributed by atoms with Crippen molar-refractivity contribution in [3.8, 4) is 5.75 Å². The Morgan fingerprint density at radius 2 is 2.07 bits per heavy atom. The predicted molar refractivity (Wildman–Crippen MR) is 109 cm³/mol. The number of rotatable bonds is 8. The first kappa shape index (κ1) is 20.2. The van der Waals surface area contributed by atoms with E-state index in [1.807, 2.05) is 13.0 Å². The van der Waals surface area contributed by atoms with Crippen molar-refractivity contribution in [3.05, 3.63) is 76.0 Å². The smallest absolute Gasteiger partial charge is 0.255 e. The van der Waals surface area contributed by atoms with E-state index >= 15 is 0 Å². The van der Waals surface area contributed by atoms with Gasteiger partial charge in [0.25, 0.3) is 5.91 Å². The van der Waals surface area contributed by atoms with Crippen LogP contribution in [0.3, 0.4) is 0 Å². The highest BCUT2D eigenvalue weighted by Crippen LogP contribution is 2.28. The number of ether oxygens (including phenoxy) is 2. The number of hydrogen-bond donors (Lipinski definition) is 1. The highest BCUT2D eigenvalue weighted by molar-refractivity contribution is 6.35. The van der Waals surface area contributed by atoms with Gasteiger partial charge in [0.1, 0.15) is 19.1 Å². The number of hydrogen-bond acceptors (Lipinski definition) is 4. The largest absolute Gasteiger partial charge is 0.487 e. The summed E-state index contributed by atoms with van der Waals surface area (Å²) < 4.78 is 12.6. The van der Waals surface area contributed by atoms with E-state index in [1.54, 1.807) is 53.5 Å². The molecule has 8 heteroatoms. The van der Waals surface area contributed by atoms with Crippen LogP contribution >= 0.6 is 23.2 Å². The highest BCUT2D eigenvalue weighted by atomic mass is 35.5. The zero-order chi connectivity index (χ0) is 19.9. The van der Waals surface area contributed by atoms with E-state index in [1.165, 1.54) is 0 Å². The minimum Gasteiger partial charge on any atom is -0.487 e. The van der Waals surface area contributed by atoms with Crippen molar-refractivity contribution in [2.75, 3.05) is 11.9 Å². The monoisotopic (exact) mass is 419 g/mol. The van der Waals surface area contributed by atoms with E-state index in [4.69, 9.17) is 32.7 Å². The Bertz CT molecular complexity index is 959. The lowest BCUT2D eigenvalue weighted by molar-refractivity contribution is 0.0792. The molecule has 0 aliphatic heterocycles. The maximum absolute atomic E-state index is 12.5. The Labute approximate surface area is 173 Å². The molecule has 3 aromatic rings. The number of carbonyl (C=O) groups is 1. The summed E-state index contributed by atoms with van der Waals surface area (Å²) in [5.74, 6) is 0.296. The number of aromatic nitrogens is 2. The fourth-order valence-electron chi connectivity index (χ4n) is 2.44. The van der Waals surface area contributed by atoms with Crippen LogP contribution in [0.2, 0.25) is 10.0 Å². The lowest BCUT2D eigenvalue weighted by Gasteiger charge is -2.09. The summed E-state index contributed by atoms with van der Waals surface area (Å²) in [5.41, 5.74) is 1.95. The average molecular weight is 420 g/mol. The Morgan fingerprint density at radius 1 is 1.21 bits per heavy atom. The Morgan fingerprint density at radius 3 is 2.86 bits per heavy atom. The lowest BCUT2D eigenvalue weighted by Crippen LogP contribution is -2.12. The number of nitrogens with zero attached hydrogens (tertiary/aromatic N) is 2. The van der Waals surface area contributed by atoms with Crippen LogP contribution in [0.25, 0.3) is 0 Å². The quantitative estimate of drug-likeness (QED) is 0.556. The number of anilines is 1. The Hall–Kier alpha value is -2.54. The van der Waals surface area contributed by atoms with Gasteiger partial charge in [-0.15, -0.1) is 0 Å². The SMILES string of the molecule is CCOCn1cc(NC(=O)c2cccc(COc3ccc(Cl)cc3Cl)c2)cn1. The summed E-state index contributed by atoms with van der Waals surface area (Å²) in [4.78, 5) is 12.5. The summed E-state index contributed by atoms with van der Waals surface area (Å²) in [6.07, 6.45) is 3.29. The lowest BCUT2D eigenvalue weighted by atomic mass is 10.1. The zero-order valence-electron chi connectivity index (χ0n) is 15.2. The van der Waals surface area contributed by atoms with Crippen molar-refractivity contribution < 1.29 is 14.3 Å². The Balaban J connectivity index is 1.62. The average Bonchev–Trinajstić information content (AvgIpc) is 3.13. The second-order valence-electron chi connectivity index (χ2n) is 5.91. The molecular formula is C20H19Cl2N3O3. The first-order chi connectivity index (χ1) is 13.5. The fourth-order valence-corrected chi connectivity index (χ4v) is 2.91. The minimum absolute atomic E-state index is 0.234. The third-order valence-electron chi connectivity index (χ3n) is 3.80. The van der Waals surface area contributed by atoms with Crippen LogP contribution in [0.15, 0.2) is 54.9 Å². The number of halogens is 2. The van der Waals surface area contributed by atoms with Gasteiger partial charge in [0, 0.05) is 17.2 Å². The van der Waals surface area contributed by atoms with Crippen LogP contribution in [-0.2, 0) is 18.1 Å². The molecule has 0 saturated carbocycles. The molecule has 1 amide bonds. The van der Waals surface area contributed by atoms with Gasteiger partial charge in [0.05, 0.1) is 23.1 Å². The molecule has 2 aromatic carbocycles. The van der Waals surface area contributed by atoms with E-state index < -0.39 is 0 Å². The van der Waals surface area contributed by atoms with Crippen molar-refractivity contribution in [2.24, 2.45) is 0 Å². The van der Waals surface area contributed by atoms with Gasteiger partial charge in [0.15, 0.2) is 0 Å². The summed E-state index contributed by atoms with van der Waals surface area (Å²) in [6, 6.07) is 12.2. The maximum atomic E-state index is 12.5. The zero-order valence-corrected chi connectivity index (χ0v) is 16.7. The van der Waals surface area contributed by atoms with Gasteiger partial charge in [-0.05, 0) is 42.8 Å². The fraction of sp³-hybridized carbons (Fsp3) is 0.200. The van der Waals surface area contributed by atoms with Crippen molar-refractivity contribution in [1.82, 2.24) is 9.78 Å². The summed E-state index contributed by atoms with van der Waals surface area (Å²) >= 11 is 12.0. The number of amides is 1. The van der Waals surface area contributed by atoms with Crippen LogP contribution in [0.1, 0.15) is 22.8 Å². The van der Waals surface area contributed by atoms with E-state index in [2.05, 4.69) is 10.4 Å². The van der Waals surface area contributed by atoms with Crippen molar-refractivity contribution in [3.63, 3.8) is 0 Å². The number of nitrogens with one attached hydrogen (secondary N) is 1. The minimum atomic E-state index is -0.234. The molecule has 0 aliphatic rings. The van der Waals surface area contributed by atoms with Crippen molar-refractivity contribution in [2.45, 2.75) is 20.3 Å². The summed E-state index contributed by atoms with van der Waals surface area (Å²) in [6.45, 7) is 3.11. The van der Waals surface area contributed by atoms with Gasteiger partial charge in [-0.3, -0.25) is 4.79 Å². The molecule has 0 aliphatic carbocycles. The molecule has 6 nitrogen and oxygen atoms in total. The first-order valence-corrected chi connectivity index (χ1v) is 9.39. The molecule has 28 heavy (non-hydrogen) atoms.